The zero-order valence-corrected chi connectivity index (χ0v) is 19.4. The van der Waals surface area contributed by atoms with E-state index in [4.69, 9.17) is 4.42 Å². The Balaban J connectivity index is 1.53. The predicted octanol–water partition coefficient (Wildman–Crippen LogP) is 3.53. The van der Waals surface area contributed by atoms with Crippen molar-refractivity contribution in [1.29, 1.82) is 0 Å². The minimum absolute atomic E-state index is 0.0745. The Bertz CT molecular complexity index is 1030. The van der Waals surface area contributed by atoms with Crippen molar-refractivity contribution in [1.82, 2.24) is 15.2 Å². The third-order valence-corrected chi connectivity index (χ3v) is 6.68. The number of hydrogen-bond acceptors (Lipinski definition) is 5. The molecule has 0 unspecified atom stereocenters. The standard InChI is InChI=1S/C25H32N4O3/c1-16-8-10-18(11-9-16)24(30)27-26-20-6-5-7-21-22(20)17(2)23(32-21)25(31)29(4)19-12-14-28(3)15-13-19/h8-11,19H,5-7,12-15H2,1-4H3,(H,27,30)/b26-20+. The lowest BCUT2D eigenvalue weighted by atomic mass is 9.93. The summed E-state index contributed by atoms with van der Waals surface area (Å²) in [6.07, 6.45) is 4.32. The van der Waals surface area contributed by atoms with Gasteiger partial charge in [0.1, 0.15) is 5.76 Å². The molecule has 2 heterocycles. The Labute approximate surface area is 189 Å². The molecule has 32 heavy (non-hydrogen) atoms. The Hall–Kier alpha value is -2.93. The summed E-state index contributed by atoms with van der Waals surface area (Å²) in [4.78, 5) is 29.9. The molecule has 0 bridgehead atoms. The summed E-state index contributed by atoms with van der Waals surface area (Å²) < 4.78 is 6.07. The molecule has 2 amide bonds. The van der Waals surface area contributed by atoms with Crippen molar-refractivity contribution >= 4 is 17.5 Å². The molecule has 1 aliphatic heterocycles. The van der Waals surface area contributed by atoms with Crippen LogP contribution in [-0.4, -0.2) is 60.6 Å². The highest BCUT2D eigenvalue weighted by Crippen LogP contribution is 2.31. The van der Waals surface area contributed by atoms with Crippen LogP contribution in [0.2, 0.25) is 0 Å². The van der Waals surface area contributed by atoms with Gasteiger partial charge in [-0.2, -0.15) is 5.10 Å². The van der Waals surface area contributed by atoms with Crippen LogP contribution in [-0.2, 0) is 6.42 Å². The molecule has 1 aliphatic carbocycles. The largest absolute Gasteiger partial charge is 0.455 e. The number of furan rings is 1. The zero-order valence-electron chi connectivity index (χ0n) is 19.4. The summed E-state index contributed by atoms with van der Waals surface area (Å²) in [5, 5.41) is 4.43. The average Bonchev–Trinajstić information content (AvgIpc) is 3.14. The van der Waals surface area contributed by atoms with Crippen LogP contribution in [0.15, 0.2) is 33.8 Å². The lowest BCUT2D eigenvalue weighted by Gasteiger charge is -2.34. The summed E-state index contributed by atoms with van der Waals surface area (Å²) >= 11 is 0. The minimum atomic E-state index is -0.246. The molecule has 2 aromatic rings. The number of likely N-dealkylation sites (tertiary alicyclic amines) is 1. The second-order valence-corrected chi connectivity index (χ2v) is 9.02. The maximum Gasteiger partial charge on any atom is 0.289 e. The van der Waals surface area contributed by atoms with Gasteiger partial charge in [-0.25, -0.2) is 5.43 Å². The van der Waals surface area contributed by atoms with Crippen molar-refractivity contribution < 1.29 is 14.0 Å². The molecule has 1 saturated heterocycles. The maximum absolute atomic E-state index is 13.3. The van der Waals surface area contributed by atoms with Gasteiger partial charge in [-0.05, 0) is 71.8 Å². The van der Waals surface area contributed by atoms with Gasteiger partial charge in [-0.15, -0.1) is 0 Å². The molecule has 0 spiro atoms. The van der Waals surface area contributed by atoms with Crippen LogP contribution >= 0.6 is 0 Å². The van der Waals surface area contributed by atoms with E-state index in [0.717, 1.165) is 73.4 Å². The fourth-order valence-electron chi connectivity index (χ4n) is 4.58. The first-order valence-corrected chi connectivity index (χ1v) is 11.4. The Morgan fingerprint density at radius 3 is 2.50 bits per heavy atom. The van der Waals surface area contributed by atoms with Gasteiger partial charge in [0.25, 0.3) is 11.8 Å². The number of nitrogens with zero attached hydrogens (tertiary/aromatic N) is 3. The van der Waals surface area contributed by atoms with Crippen molar-refractivity contribution in [2.75, 3.05) is 27.2 Å². The van der Waals surface area contributed by atoms with Crippen LogP contribution in [0.1, 0.15) is 69.0 Å². The van der Waals surface area contributed by atoms with E-state index in [-0.39, 0.29) is 17.9 Å². The Morgan fingerprint density at radius 2 is 1.81 bits per heavy atom. The van der Waals surface area contributed by atoms with Crippen molar-refractivity contribution in [2.45, 2.75) is 52.0 Å². The zero-order chi connectivity index (χ0) is 22.8. The first kappa shape index (κ1) is 22.3. The van der Waals surface area contributed by atoms with Crippen molar-refractivity contribution in [3.63, 3.8) is 0 Å². The molecule has 2 aliphatic rings. The topological polar surface area (TPSA) is 78.1 Å². The molecule has 0 radical (unpaired) electrons. The molecule has 0 atom stereocenters. The summed E-state index contributed by atoms with van der Waals surface area (Å²) in [5.41, 5.74) is 6.80. The first-order chi connectivity index (χ1) is 15.3. The third-order valence-electron chi connectivity index (χ3n) is 6.68. The number of amides is 2. The molecule has 1 N–H and O–H groups in total. The van der Waals surface area contributed by atoms with E-state index in [9.17, 15) is 9.59 Å². The number of fused-ring (bicyclic) bond motifs is 1. The average molecular weight is 437 g/mol. The fraction of sp³-hybridized carbons (Fsp3) is 0.480. The van der Waals surface area contributed by atoms with Gasteiger partial charge in [0.15, 0.2) is 5.76 Å². The van der Waals surface area contributed by atoms with E-state index in [2.05, 4.69) is 22.5 Å². The SMILES string of the molecule is Cc1ccc(C(=O)N/N=C2\CCCc3oc(C(=O)N(C)C4CCN(C)CC4)c(C)c32)cc1. The molecule has 170 valence electrons. The van der Waals surface area contributed by atoms with Gasteiger partial charge < -0.3 is 14.2 Å². The summed E-state index contributed by atoms with van der Waals surface area (Å²) in [5.74, 6) is 0.867. The molecule has 1 aromatic heterocycles. The Morgan fingerprint density at radius 1 is 1.12 bits per heavy atom. The summed E-state index contributed by atoms with van der Waals surface area (Å²) in [7, 11) is 3.98. The number of benzene rings is 1. The van der Waals surface area contributed by atoms with E-state index in [0.29, 0.717) is 11.3 Å². The normalized spacial score (nSPS) is 18.4. The van der Waals surface area contributed by atoms with E-state index in [1.54, 1.807) is 12.1 Å². The van der Waals surface area contributed by atoms with Crippen molar-refractivity contribution in [3.05, 3.63) is 58.0 Å². The number of piperidine rings is 1. The minimum Gasteiger partial charge on any atom is -0.455 e. The van der Waals surface area contributed by atoms with Crippen LogP contribution in [0, 0.1) is 13.8 Å². The number of hydrogen-bond donors (Lipinski definition) is 1. The molecule has 0 saturated carbocycles. The molecular weight excluding hydrogens is 404 g/mol. The second kappa shape index (κ2) is 9.28. The number of carbonyl (C=O) groups excluding carboxylic acids is 2. The highest BCUT2D eigenvalue weighted by atomic mass is 16.4. The monoisotopic (exact) mass is 436 g/mol. The van der Waals surface area contributed by atoms with Crippen LogP contribution in [0.5, 0.6) is 0 Å². The van der Waals surface area contributed by atoms with Crippen LogP contribution < -0.4 is 5.43 Å². The molecule has 1 fully saturated rings. The predicted molar refractivity (Wildman–Crippen MR) is 124 cm³/mol. The highest BCUT2D eigenvalue weighted by Gasteiger charge is 2.32. The van der Waals surface area contributed by atoms with E-state index in [1.807, 2.05) is 37.9 Å². The number of aryl methyl sites for hydroxylation is 2. The number of carbonyl (C=O) groups is 2. The van der Waals surface area contributed by atoms with Crippen molar-refractivity contribution in [3.8, 4) is 0 Å². The van der Waals surface area contributed by atoms with Gasteiger partial charge in [0.2, 0.25) is 0 Å². The molecular formula is C25H32N4O3. The summed E-state index contributed by atoms with van der Waals surface area (Å²) in [6.45, 7) is 5.89. The maximum atomic E-state index is 13.3. The molecule has 4 rings (SSSR count). The van der Waals surface area contributed by atoms with Gasteiger partial charge in [-0.3, -0.25) is 9.59 Å². The lowest BCUT2D eigenvalue weighted by Crippen LogP contribution is -2.44. The van der Waals surface area contributed by atoms with Gasteiger partial charge in [-0.1, -0.05) is 17.7 Å². The van der Waals surface area contributed by atoms with E-state index >= 15 is 0 Å². The lowest BCUT2D eigenvalue weighted by molar-refractivity contribution is 0.0625. The van der Waals surface area contributed by atoms with Crippen LogP contribution in [0.4, 0.5) is 0 Å². The van der Waals surface area contributed by atoms with Crippen LogP contribution in [0.25, 0.3) is 0 Å². The molecule has 7 nitrogen and oxygen atoms in total. The van der Waals surface area contributed by atoms with Gasteiger partial charge in [0, 0.05) is 36.2 Å². The second-order valence-electron chi connectivity index (χ2n) is 9.02. The van der Waals surface area contributed by atoms with Gasteiger partial charge in [0.05, 0.1) is 5.71 Å². The Kier molecular flexibility index (Phi) is 6.46. The van der Waals surface area contributed by atoms with Crippen LogP contribution in [0.3, 0.4) is 0 Å². The van der Waals surface area contributed by atoms with Gasteiger partial charge >= 0.3 is 0 Å². The van der Waals surface area contributed by atoms with E-state index < -0.39 is 0 Å². The highest BCUT2D eigenvalue weighted by molar-refractivity contribution is 6.07. The van der Waals surface area contributed by atoms with E-state index in [1.165, 1.54) is 0 Å². The fourth-order valence-corrected chi connectivity index (χ4v) is 4.58. The number of nitrogens with one attached hydrogen (secondary N) is 1. The van der Waals surface area contributed by atoms with Crippen molar-refractivity contribution in [2.24, 2.45) is 5.10 Å². The summed E-state index contributed by atoms with van der Waals surface area (Å²) in [6, 6.07) is 7.60. The molecule has 7 heteroatoms. The molecule has 1 aromatic carbocycles. The number of rotatable bonds is 4. The number of hydrazone groups is 1. The smallest absolute Gasteiger partial charge is 0.289 e. The third kappa shape index (κ3) is 4.48. The quantitative estimate of drug-likeness (QED) is 0.744. The first-order valence-electron chi connectivity index (χ1n) is 11.4.